The van der Waals surface area contributed by atoms with E-state index >= 15 is 0 Å². The molecule has 2 aromatic rings. The number of hydrogen-bond donors (Lipinski definition) is 2. The van der Waals surface area contributed by atoms with Gasteiger partial charge in [0.25, 0.3) is 0 Å². The van der Waals surface area contributed by atoms with Crippen LogP contribution in [-0.2, 0) is 0 Å². The molecular formula is C13H15ClN2. The fourth-order valence-corrected chi connectivity index (χ4v) is 2.06. The number of rotatable bonds is 3. The Morgan fingerprint density at radius 3 is 2.69 bits per heavy atom. The van der Waals surface area contributed by atoms with Crippen LogP contribution in [0.25, 0.3) is 11.3 Å². The third-order valence-corrected chi connectivity index (χ3v) is 3.14. The molecule has 2 N–H and O–H groups in total. The van der Waals surface area contributed by atoms with E-state index in [9.17, 15) is 0 Å². The molecule has 16 heavy (non-hydrogen) atoms. The zero-order valence-corrected chi connectivity index (χ0v) is 10.2. The highest BCUT2D eigenvalue weighted by Crippen LogP contribution is 2.28. The van der Waals surface area contributed by atoms with Gasteiger partial charge >= 0.3 is 0 Å². The second-order valence-corrected chi connectivity index (χ2v) is 4.24. The maximum atomic E-state index is 6.27. The van der Waals surface area contributed by atoms with Gasteiger partial charge < -0.3 is 10.3 Å². The molecule has 0 aliphatic heterocycles. The SMILES string of the molecule is CNC(C)c1ccc(-c2ccc[nH]2)cc1Cl. The smallest absolute Gasteiger partial charge is 0.0460 e. The molecular weight excluding hydrogens is 220 g/mol. The van der Waals surface area contributed by atoms with Gasteiger partial charge in [-0.15, -0.1) is 0 Å². The number of aromatic nitrogens is 1. The summed E-state index contributed by atoms with van der Waals surface area (Å²) in [6.45, 7) is 2.09. The van der Waals surface area contributed by atoms with Crippen molar-refractivity contribution in [2.45, 2.75) is 13.0 Å². The first-order chi connectivity index (χ1) is 7.72. The maximum absolute atomic E-state index is 6.27. The van der Waals surface area contributed by atoms with E-state index in [-0.39, 0.29) is 6.04 Å². The highest BCUT2D eigenvalue weighted by atomic mass is 35.5. The van der Waals surface area contributed by atoms with Crippen LogP contribution in [0, 0.1) is 0 Å². The molecule has 0 amide bonds. The topological polar surface area (TPSA) is 27.8 Å². The lowest BCUT2D eigenvalue weighted by Crippen LogP contribution is -2.12. The summed E-state index contributed by atoms with van der Waals surface area (Å²) < 4.78 is 0. The number of nitrogens with one attached hydrogen (secondary N) is 2. The van der Waals surface area contributed by atoms with Crippen molar-refractivity contribution in [2.24, 2.45) is 0 Å². The van der Waals surface area contributed by atoms with E-state index < -0.39 is 0 Å². The summed E-state index contributed by atoms with van der Waals surface area (Å²) >= 11 is 6.27. The van der Waals surface area contributed by atoms with Crippen LogP contribution in [0.4, 0.5) is 0 Å². The molecule has 0 aliphatic carbocycles. The second-order valence-electron chi connectivity index (χ2n) is 3.83. The van der Waals surface area contributed by atoms with Crippen molar-refractivity contribution in [1.29, 1.82) is 0 Å². The third kappa shape index (κ3) is 2.13. The predicted molar refractivity (Wildman–Crippen MR) is 68.7 cm³/mol. The van der Waals surface area contributed by atoms with Gasteiger partial charge in [-0.1, -0.05) is 23.7 Å². The zero-order valence-electron chi connectivity index (χ0n) is 9.42. The Kier molecular flexibility index (Phi) is 3.32. The van der Waals surface area contributed by atoms with Crippen LogP contribution < -0.4 is 5.32 Å². The molecule has 2 nitrogen and oxygen atoms in total. The van der Waals surface area contributed by atoms with Gasteiger partial charge in [0.2, 0.25) is 0 Å². The van der Waals surface area contributed by atoms with E-state index in [1.807, 2.05) is 31.4 Å². The number of halogens is 1. The van der Waals surface area contributed by atoms with E-state index in [0.29, 0.717) is 0 Å². The lowest BCUT2D eigenvalue weighted by Gasteiger charge is -2.13. The van der Waals surface area contributed by atoms with Crippen molar-refractivity contribution in [1.82, 2.24) is 10.3 Å². The Balaban J connectivity index is 2.37. The average Bonchev–Trinajstić information content (AvgIpc) is 2.81. The van der Waals surface area contributed by atoms with Gasteiger partial charge in [0.15, 0.2) is 0 Å². The van der Waals surface area contributed by atoms with Gasteiger partial charge in [0.05, 0.1) is 0 Å². The van der Waals surface area contributed by atoms with Gasteiger partial charge in [-0.2, -0.15) is 0 Å². The standard InChI is InChI=1S/C13H15ClN2/c1-9(15-2)11-6-5-10(8-12(11)14)13-4-3-7-16-13/h3-9,15-16H,1-2H3. The molecule has 1 heterocycles. The largest absolute Gasteiger partial charge is 0.361 e. The highest BCUT2D eigenvalue weighted by Gasteiger charge is 2.08. The first-order valence-corrected chi connectivity index (χ1v) is 5.70. The molecule has 0 saturated carbocycles. The highest BCUT2D eigenvalue weighted by molar-refractivity contribution is 6.31. The van der Waals surface area contributed by atoms with Gasteiger partial charge in [-0.05, 0) is 43.3 Å². The fraction of sp³-hybridized carbons (Fsp3) is 0.231. The van der Waals surface area contributed by atoms with Crippen LogP contribution >= 0.6 is 11.6 Å². The van der Waals surface area contributed by atoms with Crippen molar-refractivity contribution in [3.05, 3.63) is 47.1 Å². The van der Waals surface area contributed by atoms with Crippen LogP contribution in [0.3, 0.4) is 0 Å². The monoisotopic (exact) mass is 234 g/mol. The molecule has 84 valence electrons. The minimum absolute atomic E-state index is 0.269. The van der Waals surface area contributed by atoms with Crippen LogP contribution in [0.15, 0.2) is 36.5 Å². The Morgan fingerprint density at radius 2 is 2.12 bits per heavy atom. The Labute approximate surface area is 101 Å². The van der Waals surface area contributed by atoms with Gasteiger partial charge in [-0.3, -0.25) is 0 Å². The normalized spacial score (nSPS) is 12.7. The van der Waals surface area contributed by atoms with Crippen LogP contribution in [-0.4, -0.2) is 12.0 Å². The molecule has 2 rings (SSSR count). The zero-order chi connectivity index (χ0) is 11.5. The van der Waals surface area contributed by atoms with Gasteiger partial charge in [0.1, 0.15) is 0 Å². The molecule has 0 radical (unpaired) electrons. The molecule has 1 atom stereocenters. The van der Waals surface area contributed by atoms with E-state index in [4.69, 9.17) is 11.6 Å². The van der Waals surface area contributed by atoms with Crippen molar-refractivity contribution in [2.75, 3.05) is 7.05 Å². The Hall–Kier alpha value is -1.25. The summed E-state index contributed by atoms with van der Waals surface area (Å²) in [5, 5.41) is 3.98. The summed E-state index contributed by atoms with van der Waals surface area (Å²) in [6, 6.07) is 10.4. The third-order valence-electron chi connectivity index (χ3n) is 2.81. The van der Waals surface area contributed by atoms with Crippen molar-refractivity contribution in [3.8, 4) is 11.3 Å². The van der Waals surface area contributed by atoms with Crippen molar-refractivity contribution < 1.29 is 0 Å². The number of benzene rings is 1. The predicted octanol–water partition coefficient (Wildman–Crippen LogP) is 3.62. The quantitative estimate of drug-likeness (QED) is 0.834. The minimum atomic E-state index is 0.269. The summed E-state index contributed by atoms with van der Waals surface area (Å²) in [6.07, 6.45) is 1.91. The first-order valence-electron chi connectivity index (χ1n) is 5.33. The van der Waals surface area contributed by atoms with Crippen LogP contribution in [0.2, 0.25) is 5.02 Å². The molecule has 0 spiro atoms. The molecule has 0 aliphatic rings. The minimum Gasteiger partial charge on any atom is -0.361 e. The molecule has 0 fully saturated rings. The molecule has 1 aromatic heterocycles. The number of aromatic amines is 1. The summed E-state index contributed by atoms with van der Waals surface area (Å²) in [5.74, 6) is 0. The number of H-pyrrole nitrogens is 1. The molecule has 0 bridgehead atoms. The second kappa shape index (κ2) is 4.73. The van der Waals surface area contributed by atoms with Gasteiger partial charge in [-0.25, -0.2) is 0 Å². The number of hydrogen-bond acceptors (Lipinski definition) is 1. The van der Waals surface area contributed by atoms with Crippen LogP contribution in [0.5, 0.6) is 0 Å². The average molecular weight is 235 g/mol. The summed E-state index contributed by atoms with van der Waals surface area (Å²) in [7, 11) is 1.93. The Bertz CT molecular complexity index is 463. The van der Waals surface area contributed by atoms with Gasteiger partial charge in [0, 0.05) is 23.0 Å². The Morgan fingerprint density at radius 1 is 1.31 bits per heavy atom. The summed E-state index contributed by atoms with van der Waals surface area (Å²) in [4.78, 5) is 3.17. The summed E-state index contributed by atoms with van der Waals surface area (Å²) in [5.41, 5.74) is 3.33. The lowest BCUT2D eigenvalue weighted by molar-refractivity contribution is 0.652. The van der Waals surface area contributed by atoms with E-state index in [1.54, 1.807) is 0 Å². The van der Waals surface area contributed by atoms with Crippen molar-refractivity contribution >= 4 is 11.6 Å². The first kappa shape index (κ1) is 11.2. The van der Waals surface area contributed by atoms with Crippen LogP contribution in [0.1, 0.15) is 18.5 Å². The molecule has 3 heteroatoms. The van der Waals surface area contributed by atoms with E-state index in [0.717, 1.165) is 21.8 Å². The van der Waals surface area contributed by atoms with E-state index in [2.05, 4.69) is 29.4 Å². The fourth-order valence-electron chi connectivity index (χ4n) is 1.71. The molecule has 1 unspecified atom stereocenters. The maximum Gasteiger partial charge on any atom is 0.0460 e. The van der Waals surface area contributed by atoms with E-state index in [1.165, 1.54) is 0 Å². The molecule has 1 aromatic carbocycles. The van der Waals surface area contributed by atoms with Crippen molar-refractivity contribution in [3.63, 3.8) is 0 Å². The molecule has 0 saturated heterocycles. The lowest BCUT2D eigenvalue weighted by atomic mass is 10.0.